The van der Waals surface area contributed by atoms with Gasteiger partial charge in [-0.15, -0.1) is 6.42 Å². The molecular weight excluding hydrogens is 337 g/mol. The fraction of sp³-hybridized carbons (Fsp3) is 0.158. The first-order chi connectivity index (χ1) is 12.0. The number of anilines is 1. The molecule has 0 aliphatic heterocycles. The number of halogens is 1. The Morgan fingerprint density at radius 3 is 2.64 bits per heavy atom. The molecule has 126 valence electrons. The Balaban J connectivity index is 2.08. The molecule has 6 heteroatoms. The lowest BCUT2D eigenvalue weighted by Crippen LogP contribution is -2.17. The number of hydrogen-bond donors (Lipinski definition) is 0. The van der Waals surface area contributed by atoms with Crippen molar-refractivity contribution in [2.24, 2.45) is 4.99 Å². The van der Waals surface area contributed by atoms with Gasteiger partial charge in [-0.3, -0.25) is 4.79 Å². The van der Waals surface area contributed by atoms with Crippen molar-refractivity contribution in [3.05, 3.63) is 58.6 Å². The number of fused-ring (bicyclic) bond motifs is 1. The van der Waals surface area contributed by atoms with Crippen molar-refractivity contribution < 1.29 is 9.18 Å². The zero-order valence-corrected chi connectivity index (χ0v) is 14.7. The Hall–Kier alpha value is -2.91. The number of carbonyl (C=O) groups is 1. The summed E-state index contributed by atoms with van der Waals surface area (Å²) in [5.74, 6) is 1.72. The van der Waals surface area contributed by atoms with Crippen LogP contribution >= 0.6 is 11.3 Å². The summed E-state index contributed by atoms with van der Waals surface area (Å²) < 4.78 is 16.4. The molecule has 0 radical (unpaired) electrons. The van der Waals surface area contributed by atoms with Crippen molar-refractivity contribution >= 4 is 33.1 Å². The highest BCUT2D eigenvalue weighted by molar-refractivity contribution is 7.16. The van der Waals surface area contributed by atoms with Gasteiger partial charge in [-0.2, -0.15) is 4.99 Å². The van der Waals surface area contributed by atoms with Crippen molar-refractivity contribution in [3.63, 3.8) is 0 Å². The van der Waals surface area contributed by atoms with E-state index in [9.17, 15) is 9.18 Å². The molecule has 1 heterocycles. The van der Waals surface area contributed by atoms with E-state index in [1.807, 2.05) is 31.1 Å². The summed E-state index contributed by atoms with van der Waals surface area (Å²) in [5, 5.41) is 0. The number of thiazole rings is 1. The highest BCUT2D eigenvalue weighted by atomic mass is 32.1. The second-order valence-electron chi connectivity index (χ2n) is 5.62. The molecule has 25 heavy (non-hydrogen) atoms. The highest BCUT2D eigenvalue weighted by Gasteiger charge is 2.12. The summed E-state index contributed by atoms with van der Waals surface area (Å²) in [4.78, 5) is 19.0. The van der Waals surface area contributed by atoms with Gasteiger partial charge < -0.3 is 9.47 Å². The second kappa shape index (κ2) is 6.91. The van der Waals surface area contributed by atoms with Crippen LogP contribution in [0.1, 0.15) is 10.4 Å². The quantitative estimate of drug-likeness (QED) is 0.678. The zero-order chi connectivity index (χ0) is 18.0. The molecule has 0 atom stereocenters. The Morgan fingerprint density at radius 1 is 1.28 bits per heavy atom. The standard InChI is InChI=1S/C19H16FN3OS/c1-4-12-23-17-15(20)6-5-7-16(17)25-19(23)21-18(24)13-8-10-14(11-9-13)22(2)3/h1,5-11H,12H2,2-3H3. The van der Waals surface area contributed by atoms with E-state index in [4.69, 9.17) is 6.42 Å². The molecule has 3 aromatic rings. The number of carbonyl (C=O) groups excluding carboxylic acids is 1. The summed E-state index contributed by atoms with van der Waals surface area (Å²) >= 11 is 1.24. The lowest BCUT2D eigenvalue weighted by Gasteiger charge is -2.11. The monoisotopic (exact) mass is 353 g/mol. The fourth-order valence-corrected chi connectivity index (χ4v) is 3.51. The van der Waals surface area contributed by atoms with Crippen LogP contribution in [0.4, 0.5) is 10.1 Å². The lowest BCUT2D eigenvalue weighted by molar-refractivity contribution is 0.0998. The third kappa shape index (κ3) is 3.32. The number of benzene rings is 2. The smallest absolute Gasteiger partial charge is 0.279 e. The van der Waals surface area contributed by atoms with Crippen LogP contribution in [0.5, 0.6) is 0 Å². The third-order valence-electron chi connectivity index (χ3n) is 3.73. The van der Waals surface area contributed by atoms with Gasteiger partial charge in [-0.25, -0.2) is 4.39 Å². The van der Waals surface area contributed by atoms with E-state index in [1.165, 1.54) is 17.4 Å². The van der Waals surface area contributed by atoms with Crippen molar-refractivity contribution in [1.82, 2.24) is 4.57 Å². The third-order valence-corrected chi connectivity index (χ3v) is 4.77. The minimum Gasteiger partial charge on any atom is -0.378 e. The van der Waals surface area contributed by atoms with Gasteiger partial charge in [0.2, 0.25) is 0 Å². The normalized spacial score (nSPS) is 11.5. The van der Waals surface area contributed by atoms with Crippen molar-refractivity contribution in [2.45, 2.75) is 6.54 Å². The molecule has 2 aromatic carbocycles. The highest BCUT2D eigenvalue weighted by Crippen LogP contribution is 2.20. The van der Waals surface area contributed by atoms with Crippen LogP contribution in [0, 0.1) is 18.2 Å². The molecule has 0 spiro atoms. The number of aromatic nitrogens is 1. The van der Waals surface area contributed by atoms with Crippen LogP contribution in [0.3, 0.4) is 0 Å². The number of hydrogen-bond acceptors (Lipinski definition) is 3. The van der Waals surface area contributed by atoms with Crippen LogP contribution in [0.15, 0.2) is 47.5 Å². The van der Waals surface area contributed by atoms with Gasteiger partial charge in [0.1, 0.15) is 5.82 Å². The van der Waals surface area contributed by atoms with E-state index in [-0.39, 0.29) is 18.3 Å². The summed E-state index contributed by atoms with van der Waals surface area (Å²) in [5.41, 5.74) is 1.83. The average Bonchev–Trinajstić information content (AvgIpc) is 2.94. The lowest BCUT2D eigenvalue weighted by atomic mass is 10.2. The van der Waals surface area contributed by atoms with Crippen LogP contribution < -0.4 is 9.70 Å². The predicted molar refractivity (Wildman–Crippen MR) is 99.3 cm³/mol. The van der Waals surface area contributed by atoms with Gasteiger partial charge in [0.05, 0.1) is 16.8 Å². The molecular formula is C19H16FN3OS. The van der Waals surface area contributed by atoms with Gasteiger partial charge in [-0.1, -0.05) is 23.3 Å². The fourth-order valence-electron chi connectivity index (χ4n) is 2.46. The molecule has 0 aliphatic carbocycles. The number of terminal acetylenes is 1. The average molecular weight is 353 g/mol. The van der Waals surface area contributed by atoms with Crippen LogP contribution in [0.2, 0.25) is 0 Å². The Morgan fingerprint density at radius 2 is 2.00 bits per heavy atom. The molecule has 0 saturated heterocycles. The van der Waals surface area contributed by atoms with Crippen molar-refractivity contribution in [1.29, 1.82) is 0 Å². The van der Waals surface area contributed by atoms with E-state index in [0.717, 1.165) is 5.69 Å². The van der Waals surface area contributed by atoms with Crippen LogP contribution in [-0.4, -0.2) is 24.6 Å². The largest absolute Gasteiger partial charge is 0.378 e. The number of para-hydroxylation sites is 1. The molecule has 0 bridgehead atoms. The van der Waals surface area contributed by atoms with Crippen molar-refractivity contribution in [3.8, 4) is 12.3 Å². The molecule has 0 aliphatic rings. The second-order valence-corrected chi connectivity index (χ2v) is 6.63. The van der Waals surface area contributed by atoms with E-state index in [0.29, 0.717) is 20.6 Å². The first-order valence-corrected chi connectivity index (χ1v) is 8.40. The summed E-state index contributed by atoms with van der Waals surface area (Å²) in [6.07, 6.45) is 5.40. The van der Waals surface area contributed by atoms with Gasteiger partial charge in [0.25, 0.3) is 5.91 Å². The minimum absolute atomic E-state index is 0.145. The number of nitrogens with zero attached hydrogens (tertiary/aromatic N) is 3. The maximum Gasteiger partial charge on any atom is 0.279 e. The molecule has 1 aromatic heterocycles. The predicted octanol–water partition coefficient (Wildman–Crippen LogP) is 3.28. The first-order valence-electron chi connectivity index (χ1n) is 7.59. The van der Waals surface area contributed by atoms with Crippen LogP contribution in [-0.2, 0) is 6.54 Å². The molecule has 0 saturated carbocycles. The molecule has 0 N–H and O–H groups in total. The van der Waals surface area contributed by atoms with Crippen molar-refractivity contribution in [2.75, 3.05) is 19.0 Å². The van der Waals surface area contributed by atoms with E-state index >= 15 is 0 Å². The molecule has 0 unspecified atom stereocenters. The van der Waals surface area contributed by atoms with Gasteiger partial charge >= 0.3 is 0 Å². The first kappa shape index (κ1) is 16.9. The Labute approximate surface area is 148 Å². The summed E-state index contributed by atoms with van der Waals surface area (Å²) in [6.45, 7) is 0.145. The Kier molecular flexibility index (Phi) is 4.68. The molecule has 1 amide bonds. The maximum atomic E-state index is 14.1. The van der Waals surface area contributed by atoms with Gasteiger partial charge in [0, 0.05) is 25.3 Å². The summed E-state index contributed by atoms with van der Waals surface area (Å²) in [7, 11) is 3.85. The van der Waals surface area contributed by atoms with E-state index < -0.39 is 0 Å². The molecule has 4 nitrogen and oxygen atoms in total. The molecule has 3 rings (SSSR count). The Bertz CT molecular complexity index is 1040. The van der Waals surface area contributed by atoms with E-state index in [2.05, 4.69) is 10.9 Å². The topological polar surface area (TPSA) is 37.6 Å². The number of amides is 1. The zero-order valence-electron chi connectivity index (χ0n) is 13.9. The minimum atomic E-state index is -0.386. The van der Waals surface area contributed by atoms with Crippen LogP contribution in [0.25, 0.3) is 10.2 Å². The molecule has 0 fully saturated rings. The van der Waals surface area contributed by atoms with Gasteiger partial charge in [-0.05, 0) is 36.4 Å². The maximum absolute atomic E-state index is 14.1. The van der Waals surface area contributed by atoms with Gasteiger partial charge in [0.15, 0.2) is 4.80 Å². The number of rotatable bonds is 3. The van der Waals surface area contributed by atoms with E-state index in [1.54, 1.807) is 28.8 Å². The summed E-state index contributed by atoms with van der Waals surface area (Å²) in [6, 6.07) is 11.9. The SMILES string of the molecule is C#CCn1c(=NC(=O)c2ccc(N(C)C)cc2)sc2cccc(F)c21.